The molecule has 2 heterocycles. The second kappa shape index (κ2) is 7.61. The van der Waals surface area contributed by atoms with E-state index in [2.05, 4.69) is 5.32 Å². The molecule has 24 heavy (non-hydrogen) atoms. The Bertz CT molecular complexity index is 462. The predicted molar refractivity (Wildman–Crippen MR) is 83.4 cm³/mol. The summed E-state index contributed by atoms with van der Waals surface area (Å²) in [4.78, 5) is 27.2. The van der Waals surface area contributed by atoms with Gasteiger partial charge in [0.1, 0.15) is 6.04 Å². The number of hydrogen-bond acceptors (Lipinski definition) is 2. The third-order valence-electron chi connectivity index (χ3n) is 5.15. The summed E-state index contributed by atoms with van der Waals surface area (Å²) < 4.78 is 39.4. The lowest BCUT2D eigenvalue weighted by Crippen LogP contribution is -2.56. The van der Waals surface area contributed by atoms with E-state index >= 15 is 0 Å². The zero-order valence-electron chi connectivity index (χ0n) is 14.2. The van der Waals surface area contributed by atoms with Crippen LogP contribution in [0.15, 0.2) is 0 Å². The highest BCUT2D eigenvalue weighted by atomic mass is 19.4. The number of nitrogens with one attached hydrogen (secondary N) is 1. The van der Waals surface area contributed by atoms with E-state index < -0.39 is 24.2 Å². The van der Waals surface area contributed by atoms with Crippen molar-refractivity contribution in [1.82, 2.24) is 15.1 Å². The molecule has 1 N–H and O–H groups in total. The minimum Gasteiger partial charge on any atom is -0.340 e. The number of piperidine rings is 1. The molecule has 2 atom stereocenters. The topological polar surface area (TPSA) is 52.7 Å². The van der Waals surface area contributed by atoms with Gasteiger partial charge in [-0.05, 0) is 25.2 Å². The third-order valence-corrected chi connectivity index (χ3v) is 5.15. The molecule has 0 bridgehead atoms. The Kier molecular flexibility index (Phi) is 5.98. The van der Waals surface area contributed by atoms with Gasteiger partial charge >= 0.3 is 12.2 Å². The van der Waals surface area contributed by atoms with Crippen molar-refractivity contribution in [3.05, 3.63) is 0 Å². The lowest BCUT2D eigenvalue weighted by atomic mass is 9.98. The smallest absolute Gasteiger partial charge is 0.340 e. The number of carbonyl (C=O) groups is 2. The highest BCUT2D eigenvalue weighted by Crippen LogP contribution is 2.28. The van der Waals surface area contributed by atoms with E-state index in [1.807, 2.05) is 4.90 Å². The number of nitrogens with zero attached hydrogens (tertiary/aromatic N) is 2. The van der Waals surface area contributed by atoms with Gasteiger partial charge in [0.15, 0.2) is 0 Å². The predicted octanol–water partition coefficient (Wildman–Crippen LogP) is 2.76. The van der Waals surface area contributed by atoms with E-state index in [1.54, 1.807) is 6.92 Å². The largest absolute Gasteiger partial charge is 0.408 e. The van der Waals surface area contributed by atoms with Crippen LogP contribution in [0.5, 0.6) is 0 Å². The number of carbonyl (C=O) groups excluding carboxylic acids is 2. The number of hydrogen-bond donors (Lipinski definition) is 1. The van der Waals surface area contributed by atoms with E-state index in [0.29, 0.717) is 38.8 Å². The van der Waals surface area contributed by atoms with Crippen molar-refractivity contribution in [2.45, 2.75) is 64.2 Å². The molecule has 0 saturated carbocycles. The van der Waals surface area contributed by atoms with Crippen molar-refractivity contribution in [1.29, 1.82) is 0 Å². The van der Waals surface area contributed by atoms with Gasteiger partial charge in [-0.15, -0.1) is 0 Å². The molecular weight excluding hydrogens is 323 g/mol. The second-order valence-electron chi connectivity index (χ2n) is 6.76. The summed E-state index contributed by atoms with van der Waals surface area (Å²) in [5.74, 6) is -0.527. The maximum absolute atomic E-state index is 13.1. The first kappa shape index (κ1) is 18.9. The van der Waals surface area contributed by atoms with Gasteiger partial charge in [0.25, 0.3) is 0 Å². The molecule has 0 aliphatic carbocycles. The molecule has 2 fully saturated rings. The van der Waals surface area contributed by atoms with Crippen LogP contribution in [-0.4, -0.2) is 59.6 Å². The first-order valence-corrected chi connectivity index (χ1v) is 8.65. The quantitative estimate of drug-likeness (QED) is 0.848. The van der Waals surface area contributed by atoms with E-state index in [9.17, 15) is 22.8 Å². The summed E-state index contributed by atoms with van der Waals surface area (Å²) >= 11 is 0. The fourth-order valence-corrected chi connectivity index (χ4v) is 3.44. The zero-order chi connectivity index (χ0) is 17.9. The van der Waals surface area contributed by atoms with Gasteiger partial charge in [-0.25, -0.2) is 4.79 Å². The molecule has 2 aliphatic heterocycles. The van der Waals surface area contributed by atoms with Gasteiger partial charge in [0.05, 0.1) is 0 Å². The van der Waals surface area contributed by atoms with Crippen molar-refractivity contribution in [2.75, 3.05) is 19.6 Å². The first-order valence-electron chi connectivity index (χ1n) is 8.65. The molecule has 5 nitrogen and oxygen atoms in total. The Hall–Kier alpha value is -1.47. The fraction of sp³-hybridized carbons (Fsp3) is 0.875. The number of amides is 3. The van der Waals surface area contributed by atoms with Gasteiger partial charge in [-0.3, -0.25) is 4.79 Å². The Morgan fingerprint density at radius 2 is 1.92 bits per heavy atom. The Morgan fingerprint density at radius 1 is 1.29 bits per heavy atom. The lowest BCUT2D eigenvalue weighted by Gasteiger charge is -2.37. The molecule has 2 rings (SSSR count). The maximum Gasteiger partial charge on any atom is 0.408 e. The van der Waals surface area contributed by atoms with Crippen molar-refractivity contribution in [3.63, 3.8) is 0 Å². The normalized spacial score (nSPS) is 22.6. The summed E-state index contributed by atoms with van der Waals surface area (Å²) in [5.41, 5.74) is 0. The van der Waals surface area contributed by atoms with Crippen LogP contribution in [0.2, 0.25) is 0 Å². The van der Waals surface area contributed by atoms with Gasteiger partial charge in [0.2, 0.25) is 5.91 Å². The lowest BCUT2D eigenvalue weighted by molar-refractivity contribution is -0.164. The number of likely N-dealkylation sites (tertiary alicyclic amines) is 2. The Morgan fingerprint density at radius 3 is 2.38 bits per heavy atom. The summed E-state index contributed by atoms with van der Waals surface area (Å²) in [6, 6.07) is -2.38. The number of alkyl halides is 3. The van der Waals surface area contributed by atoms with Gasteiger partial charge in [-0.2, -0.15) is 13.2 Å². The molecule has 0 radical (unpaired) electrons. The molecule has 138 valence electrons. The first-order chi connectivity index (χ1) is 11.2. The summed E-state index contributed by atoms with van der Waals surface area (Å²) in [7, 11) is 0. The average Bonchev–Trinajstić information content (AvgIpc) is 2.96. The number of halogens is 3. The van der Waals surface area contributed by atoms with E-state index in [-0.39, 0.29) is 11.9 Å². The van der Waals surface area contributed by atoms with Crippen LogP contribution in [0.4, 0.5) is 18.0 Å². The van der Waals surface area contributed by atoms with Crippen LogP contribution in [0, 0.1) is 5.92 Å². The number of urea groups is 1. The van der Waals surface area contributed by atoms with Crippen LogP contribution >= 0.6 is 0 Å². The van der Waals surface area contributed by atoms with Crippen molar-refractivity contribution < 1.29 is 22.8 Å². The SMILES string of the molecule is CC[C@H](C)[C@@H](NC(=O)N1CCC(N2CCCC2=O)CC1)C(F)(F)F. The molecule has 0 spiro atoms. The standard InChI is InChI=1S/C16H26F3N3O2/c1-3-11(2)14(16(17,18)19)20-15(24)21-9-6-12(7-10-21)22-8-4-5-13(22)23/h11-12,14H,3-10H2,1-2H3,(H,20,24)/t11-,14+/m0/s1. The highest BCUT2D eigenvalue weighted by molar-refractivity contribution is 5.78. The van der Waals surface area contributed by atoms with Crippen molar-refractivity contribution in [3.8, 4) is 0 Å². The minimum atomic E-state index is -4.45. The molecule has 2 saturated heterocycles. The number of rotatable bonds is 4. The van der Waals surface area contributed by atoms with Crippen LogP contribution in [0.3, 0.4) is 0 Å². The van der Waals surface area contributed by atoms with Gasteiger partial charge < -0.3 is 15.1 Å². The van der Waals surface area contributed by atoms with Crippen LogP contribution in [0.25, 0.3) is 0 Å². The van der Waals surface area contributed by atoms with Crippen LogP contribution in [0.1, 0.15) is 46.0 Å². The van der Waals surface area contributed by atoms with E-state index in [4.69, 9.17) is 0 Å². The molecule has 0 unspecified atom stereocenters. The Balaban J connectivity index is 1.88. The minimum absolute atomic E-state index is 0.108. The molecule has 8 heteroatoms. The zero-order valence-corrected chi connectivity index (χ0v) is 14.2. The summed E-state index contributed by atoms with van der Waals surface area (Å²) in [5, 5.41) is 2.15. The highest BCUT2D eigenvalue weighted by Gasteiger charge is 2.44. The molecule has 2 aliphatic rings. The second-order valence-corrected chi connectivity index (χ2v) is 6.76. The van der Waals surface area contributed by atoms with Crippen LogP contribution in [-0.2, 0) is 4.79 Å². The Labute approximate surface area is 140 Å². The fourth-order valence-electron chi connectivity index (χ4n) is 3.44. The summed E-state index contributed by atoms with van der Waals surface area (Å²) in [6.07, 6.45) is -1.43. The molecular formula is C16H26F3N3O2. The third kappa shape index (κ3) is 4.33. The van der Waals surface area contributed by atoms with Gasteiger partial charge in [-0.1, -0.05) is 20.3 Å². The summed E-state index contributed by atoms with van der Waals surface area (Å²) in [6.45, 7) is 4.67. The molecule has 3 amide bonds. The molecule has 0 aromatic heterocycles. The van der Waals surface area contributed by atoms with Crippen molar-refractivity contribution in [2.24, 2.45) is 5.92 Å². The van der Waals surface area contributed by atoms with E-state index in [1.165, 1.54) is 11.8 Å². The average molecular weight is 349 g/mol. The molecule has 0 aromatic rings. The van der Waals surface area contributed by atoms with Crippen molar-refractivity contribution >= 4 is 11.9 Å². The monoisotopic (exact) mass is 349 g/mol. The van der Waals surface area contributed by atoms with E-state index in [0.717, 1.165) is 13.0 Å². The van der Waals surface area contributed by atoms with Crippen LogP contribution < -0.4 is 5.32 Å². The van der Waals surface area contributed by atoms with Gasteiger partial charge in [0, 0.05) is 32.1 Å². The maximum atomic E-state index is 13.1. The molecule has 0 aromatic carbocycles.